The van der Waals surface area contributed by atoms with Crippen LogP contribution in [-0.4, -0.2) is 44.0 Å². The zero-order valence-electron chi connectivity index (χ0n) is 18.5. The van der Waals surface area contributed by atoms with Gasteiger partial charge in [-0.05, 0) is 56.3 Å². The van der Waals surface area contributed by atoms with Crippen LogP contribution in [0.5, 0.6) is 0 Å². The second-order valence-electron chi connectivity index (χ2n) is 9.77. The van der Waals surface area contributed by atoms with Gasteiger partial charge in [0.15, 0.2) is 11.4 Å². The predicted molar refractivity (Wildman–Crippen MR) is 112 cm³/mol. The van der Waals surface area contributed by atoms with Gasteiger partial charge in [-0.2, -0.15) is 10.2 Å². The molecule has 164 valence electrons. The Morgan fingerprint density at radius 2 is 1.40 bits per heavy atom. The summed E-state index contributed by atoms with van der Waals surface area (Å²) in [5.41, 5.74) is 5.17. The smallest absolute Gasteiger partial charge is 0.359 e. The van der Waals surface area contributed by atoms with Crippen molar-refractivity contribution in [1.82, 2.24) is 20.4 Å². The highest BCUT2D eigenvalue weighted by Crippen LogP contribution is 2.36. The number of nitrogens with zero attached hydrogens (tertiary/aromatic N) is 2. The van der Waals surface area contributed by atoms with Crippen molar-refractivity contribution in [2.24, 2.45) is 10.8 Å². The summed E-state index contributed by atoms with van der Waals surface area (Å²) in [6, 6.07) is 0. The van der Waals surface area contributed by atoms with Gasteiger partial charge in [-0.25, -0.2) is 9.59 Å². The zero-order chi connectivity index (χ0) is 22.1. The highest BCUT2D eigenvalue weighted by atomic mass is 16.5. The minimum Gasteiger partial charge on any atom is -0.476 e. The van der Waals surface area contributed by atoms with E-state index in [0.717, 1.165) is 61.0 Å². The Labute approximate surface area is 176 Å². The molecule has 0 saturated heterocycles. The van der Waals surface area contributed by atoms with Gasteiger partial charge in [0.1, 0.15) is 0 Å². The van der Waals surface area contributed by atoms with Crippen LogP contribution in [0.2, 0.25) is 0 Å². The Hall–Kier alpha value is -2.64. The third-order valence-electron chi connectivity index (χ3n) is 5.99. The van der Waals surface area contributed by atoms with Gasteiger partial charge < -0.3 is 9.84 Å². The van der Waals surface area contributed by atoms with Gasteiger partial charge in [-0.15, -0.1) is 0 Å². The fourth-order valence-corrected chi connectivity index (χ4v) is 4.20. The summed E-state index contributed by atoms with van der Waals surface area (Å²) in [6.45, 7) is 11.0. The number of carbonyl (C=O) groups is 2. The topological polar surface area (TPSA) is 121 Å². The van der Waals surface area contributed by atoms with Gasteiger partial charge in [0.05, 0.1) is 6.61 Å². The molecule has 0 aromatic carbocycles. The van der Waals surface area contributed by atoms with E-state index in [1.165, 1.54) is 0 Å². The maximum Gasteiger partial charge on any atom is 0.359 e. The number of aromatic nitrogens is 4. The Morgan fingerprint density at radius 3 is 1.87 bits per heavy atom. The lowest BCUT2D eigenvalue weighted by Gasteiger charge is -2.29. The lowest BCUT2D eigenvalue weighted by molar-refractivity contribution is 0.0516. The number of rotatable bonds is 3. The number of hydrogen-bond acceptors (Lipinski definition) is 5. The van der Waals surface area contributed by atoms with Crippen LogP contribution in [0.4, 0.5) is 0 Å². The number of H-pyrrole nitrogens is 2. The molecule has 0 aliphatic heterocycles. The minimum absolute atomic E-state index is 0.196. The fraction of sp³-hybridized carbons (Fsp3) is 0.636. The number of aryl methyl sites for hydroxylation is 2. The summed E-state index contributed by atoms with van der Waals surface area (Å²) in [4.78, 5) is 22.5. The van der Waals surface area contributed by atoms with Crippen LogP contribution < -0.4 is 0 Å². The van der Waals surface area contributed by atoms with E-state index in [2.05, 4.69) is 48.1 Å². The number of ether oxygens (including phenoxy) is 1. The van der Waals surface area contributed by atoms with Crippen LogP contribution >= 0.6 is 0 Å². The van der Waals surface area contributed by atoms with Crippen LogP contribution in [0, 0.1) is 10.8 Å². The number of hydrogen-bond donors (Lipinski definition) is 3. The van der Waals surface area contributed by atoms with Gasteiger partial charge in [0.25, 0.3) is 0 Å². The van der Waals surface area contributed by atoms with E-state index in [-0.39, 0.29) is 22.5 Å². The number of nitrogens with one attached hydrogen (secondary N) is 2. The molecule has 0 radical (unpaired) electrons. The standard InChI is InChI=1S/C12H18N2O2.C10H14N2O2/c1-4-16-11(15)10-8-7-12(2,3)6-5-9(8)13-14-10;1-10(2)4-3-7-6(5-10)8(9(13)14)12-11-7/h4-7H2,1-3H3,(H,13,14);3-5H2,1-2H3,(H,11,12)(H,13,14). The second-order valence-corrected chi connectivity index (χ2v) is 9.77. The molecule has 0 spiro atoms. The van der Waals surface area contributed by atoms with E-state index in [4.69, 9.17) is 9.84 Å². The maximum absolute atomic E-state index is 11.7. The summed E-state index contributed by atoms with van der Waals surface area (Å²) in [5, 5.41) is 22.6. The lowest BCUT2D eigenvalue weighted by Crippen LogP contribution is -2.23. The highest BCUT2D eigenvalue weighted by molar-refractivity contribution is 5.89. The first kappa shape index (κ1) is 22.1. The van der Waals surface area contributed by atoms with Crippen LogP contribution in [-0.2, 0) is 30.4 Å². The fourth-order valence-electron chi connectivity index (χ4n) is 4.20. The largest absolute Gasteiger partial charge is 0.476 e. The minimum atomic E-state index is -0.930. The molecule has 2 heterocycles. The number of esters is 1. The average molecular weight is 417 g/mol. The highest BCUT2D eigenvalue weighted by Gasteiger charge is 2.32. The van der Waals surface area contributed by atoms with Crippen molar-refractivity contribution in [2.75, 3.05) is 6.61 Å². The number of aromatic carboxylic acids is 1. The number of aromatic amines is 2. The molecule has 0 saturated carbocycles. The molecule has 0 unspecified atom stereocenters. The first-order valence-corrected chi connectivity index (χ1v) is 10.6. The molecule has 3 N–H and O–H groups in total. The SMILES string of the molecule is CC1(C)CCc2[nH]nc(C(=O)O)c2C1.CCOC(=O)c1n[nH]c2c1CC(C)(C)CC2. The Balaban J connectivity index is 0.000000172. The van der Waals surface area contributed by atoms with Gasteiger partial charge in [-0.3, -0.25) is 10.2 Å². The number of fused-ring (bicyclic) bond motifs is 2. The molecule has 0 amide bonds. The predicted octanol–water partition coefficient (Wildman–Crippen LogP) is 3.72. The Bertz CT molecular complexity index is 939. The van der Waals surface area contributed by atoms with Crippen LogP contribution in [0.25, 0.3) is 0 Å². The quantitative estimate of drug-likeness (QED) is 0.656. The summed E-state index contributed by atoms with van der Waals surface area (Å²) in [7, 11) is 0. The van der Waals surface area contributed by atoms with Gasteiger partial charge >= 0.3 is 11.9 Å². The van der Waals surface area contributed by atoms with E-state index >= 15 is 0 Å². The molecule has 8 nitrogen and oxygen atoms in total. The van der Waals surface area contributed by atoms with Gasteiger partial charge in [0.2, 0.25) is 0 Å². The Morgan fingerprint density at radius 1 is 0.933 bits per heavy atom. The van der Waals surface area contributed by atoms with Gasteiger partial charge in [0, 0.05) is 22.5 Å². The monoisotopic (exact) mass is 416 g/mol. The molecule has 8 heteroatoms. The molecule has 2 aliphatic rings. The number of carboxylic acids is 1. The van der Waals surface area contributed by atoms with E-state index < -0.39 is 5.97 Å². The third-order valence-corrected chi connectivity index (χ3v) is 5.99. The lowest BCUT2D eigenvalue weighted by atomic mass is 9.76. The van der Waals surface area contributed by atoms with Crippen LogP contribution in [0.3, 0.4) is 0 Å². The molecular weight excluding hydrogens is 384 g/mol. The van der Waals surface area contributed by atoms with Crippen molar-refractivity contribution >= 4 is 11.9 Å². The van der Waals surface area contributed by atoms with Crippen molar-refractivity contribution in [3.8, 4) is 0 Å². The molecule has 0 bridgehead atoms. The number of carboxylic acid groups (broad SMARTS) is 1. The van der Waals surface area contributed by atoms with Crippen molar-refractivity contribution in [3.63, 3.8) is 0 Å². The van der Waals surface area contributed by atoms with E-state index in [9.17, 15) is 9.59 Å². The molecule has 2 aromatic rings. The third kappa shape index (κ3) is 4.74. The molecule has 30 heavy (non-hydrogen) atoms. The molecule has 4 rings (SSSR count). The van der Waals surface area contributed by atoms with Crippen molar-refractivity contribution in [3.05, 3.63) is 33.9 Å². The van der Waals surface area contributed by atoms with Crippen molar-refractivity contribution in [2.45, 2.75) is 73.1 Å². The Kier molecular flexibility index (Phi) is 6.06. The van der Waals surface area contributed by atoms with Crippen molar-refractivity contribution < 1.29 is 19.4 Å². The average Bonchev–Trinajstić information content (AvgIpc) is 3.24. The summed E-state index contributed by atoms with van der Waals surface area (Å²) < 4.78 is 5.00. The van der Waals surface area contributed by atoms with E-state index in [1.54, 1.807) is 6.92 Å². The van der Waals surface area contributed by atoms with E-state index in [1.807, 2.05) is 0 Å². The molecule has 0 fully saturated rings. The van der Waals surface area contributed by atoms with Crippen molar-refractivity contribution in [1.29, 1.82) is 0 Å². The molecule has 0 atom stereocenters. The van der Waals surface area contributed by atoms with Crippen LogP contribution in [0.1, 0.15) is 91.0 Å². The molecule has 2 aromatic heterocycles. The maximum atomic E-state index is 11.7. The van der Waals surface area contributed by atoms with E-state index in [0.29, 0.717) is 12.3 Å². The first-order chi connectivity index (χ1) is 14.0. The summed E-state index contributed by atoms with van der Waals surface area (Å²) in [6.07, 6.45) is 5.79. The zero-order valence-corrected chi connectivity index (χ0v) is 18.5. The molecular formula is C22H32N4O4. The second kappa shape index (κ2) is 8.24. The molecule has 2 aliphatic carbocycles. The number of carbonyl (C=O) groups excluding carboxylic acids is 1. The summed E-state index contributed by atoms with van der Waals surface area (Å²) in [5.74, 6) is -1.24. The van der Waals surface area contributed by atoms with Crippen LogP contribution in [0.15, 0.2) is 0 Å². The van der Waals surface area contributed by atoms with Gasteiger partial charge in [-0.1, -0.05) is 27.7 Å². The normalized spacial score (nSPS) is 18.4. The first-order valence-electron chi connectivity index (χ1n) is 10.6. The summed E-state index contributed by atoms with van der Waals surface area (Å²) >= 11 is 0.